The van der Waals surface area contributed by atoms with Crippen molar-refractivity contribution in [3.05, 3.63) is 41.0 Å². The molecule has 0 bridgehead atoms. The lowest BCUT2D eigenvalue weighted by Crippen LogP contribution is -2.27. The van der Waals surface area contributed by atoms with Crippen LogP contribution in [0.5, 0.6) is 0 Å². The van der Waals surface area contributed by atoms with Crippen molar-refractivity contribution in [2.75, 3.05) is 18.9 Å². The molecule has 0 atom stereocenters. The number of aryl methyl sites for hydroxylation is 2. The highest BCUT2D eigenvalue weighted by molar-refractivity contribution is 5.99. The average Bonchev–Trinajstić information content (AvgIpc) is 2.84. The lowest BCUT2D eigenvalue weighted by atomic mass is 10.1. The Labute approximate surface area is 124 Å². The molecule has 1 heterocycles. The highest BCUT2D eigenvalue weighted by Gasteiger charge is 2.17. The van der Waals surface area contributed by atoms with Crippen LogP contribution in [0.25, 0.3) is 0 Å². The van der Waals surface area contributed by atoms with Gasteiger partial charge >= 0.3 is 0 Å². The van der Waals surface area contributed by atoms with Crippen LogP contribution in [0.2, 0.25) is 0 Å². The molecule has 112 valence electrons. The van der Waals surface area contributed by atoms with E-state index in [1.807, 2.05) is 39.0 Å². The molecule has 1 aromatic heterocycles. The van der Waals surface area contributed by atoms with Gasteiger partial charge in [-0.15, -0.1) is 0 Å². The summed E-state index contributed by atoms with van der Waals surface area (Å²) in [5, 5.41) is 10.1. The molecule has 2 N–H and O–H groups in total. The second kappa shape index (κ2) is 6.39. The lowest BCUT2D eigenvalue weighted by Gasteiger charge is -2.18. The van der Waals surface area contributed by atoms with E-state index >= 15 is 0 Å². The zero-order valence-corrected chi connectivity index (χ0v) is 12.9. The zero-order chi connectivity index (χ0) is 15.4. The minimum atomic E-state index is -0.0478. The van der Waals surface area contributed by atoms with E-state index in [2.05, 4.69) is 20.5 Å². The molecule has 21 heavy (non-hydrogen) atoms. The molecule has 0 saturated carbocycles. The van der Waals surface area contributed by atoms with Crippen LogP contribution in [0, 0.1) is 13.8 Å². The molecule has 0 aliphatic heterocycles. The minimum Gasteiger partial charge on any atom is -0.385 e. The number of nitrogens with zero attached hydrogens (tertiary/aromatic N) is 3. The predicted molar refractivity (Wildman–Crippen MR) is 82.3 cm³/mol. The Morgan fingerprint density at radius 3 is 2.76 bits per heavy atom. The van der Waals surface area contributed by atoms with Crippen molar-refractivity contribution in [2.24, 2.45) is 0 Å². The fourth-order valence-corrected chi connectivity index (χ4v) is 2.13. The Kier molecular flexibility index (Phi) is 4.57. The van der Waals surface area contributed by atoms with Gasteiger partial charge in [0.2, 0.25) is 0 Å². The summed E-state index contributed by atoms with van der Waals surface area (Å²) in [7, 11) is 1.75. The summed E-state index contributed by atoms with van der Waals surface area (Å²) >= 11 is 0. The maximum Gasteiger partial charge on any atom is 0.256 e. The molecule has 2 aromatic rings. The molecular weight excluding hydrogens is 266 g/mol. The van der Waals surface area contributed by atoms with Crippen molar-refractivity contribution < 1.29 is 4.79 Å². The third-order valence-corrected chi connectivity index (χ3v) is 3.14. The van der Waals surface area contributed by atoms with Crippen molar-refractivity contribution in [2.45, 2.75) is 27.3 Å². The molecule has 0 aliphatic rings. The van der Waals surface area contributed by atoms with Gasteiger partial charge in [0.25, 0.3) is 5.91 Å². The highest BCUT2D eigenvalue weighted by atomic mass is 16.2. The standard InChI is InChI=1S/C15H21N5O/c1-5-16-13-8-10(2)6-7-12(13)15(21)20(4)9-14-17-11(3)18-19-14/h6-8,16H,5,9H2,1-4H3,(H,17,18,19). The quantitative estimate of drug-likeness (QED) is 0.883. The van der Waals surface area contributed by atoms with Crippen LogP contribution in [-0.4, -0.2) is 39.6 Å². The number of nitrogens with one attached hydrogen (secondary N) is 2. The summed E-state index contributed by atoms with van der Waals surface area (Å²) in [6, 6.07) is 5.79. The van der Waals surface area contributed by atoms with Gasteiger partial charge in [-0.3, -0.25) is 9.89 Å². The van der Waals surface area contributed by atoms with Crippen molar-refractivity contribution >= 4 is 11.6 Å². The number of benzene rings is 1. The first-order valence-corrected chi connectivity index (χ1v) is 6.99. The number of aromatic nitrogens is 3. The summed E-state index contributed by atoms with van der Waals surface area (Å²) in [5.41, 5.74) is 2.65. The maximum atomic E-state index is 12.6. The van der Waals surface area contributed by atoms with Crippen molar-refractivity contribution in [1.29, 1.82) is 0 Å². The summed E-state index contributed by atoms with van der Waals surface area (Å²) in [5.74, 6) is 1.31. The number of hydrogen-bond donors (Lipinski definition) is 2. The Morgan fingerprint density at radius 1 is 1.38 bits per heavy atom. The molecule has 0 radical (unpaired) electrons. The number of rotatable bonds is 5. The highest BCUT2D eigenvalue weighted by Crippen LogP contribution is 2.19. The van der Waals surface area contributed by atoms with E-state index in [1.165, 1.54) is 0 Å². The van der Waals surface area contributed by atoms with E-state index in [0.29, 0.717) is 17.9 Å². The Balaban J connectivity index is 2.18. The first kappa shape index (κ1) is 15.0. The van der Waals surface area contributed by atoms with Gasteiger partial charge < -0.3 is 10.2 Å². The van der Waals surface area contributed by atoms with Crippen LogP contribution < -0.4 is 5.32 Å². The van der Waals surface area contributed by atoms with Gasteiger partial charge in [-0.2, -0.15) is 5.10 Å². The second-order valence-electron chi connectivity index (χ2n) is 5.08. The average molecular weight is 287 g/mol. The van der Waals surface area contributed by atoms with Crippen LogP contribution in [-0.2, 0) is 6.54 Å². The number of hydrogen-bond acceptors (Lipinski definition) is 4. The fraction of sp³-hybridized carbons (Fsp3) is 0.400. The van der Waals surface area contributed by atoms with Crippen LogP contribution in [0.3, 0.4) is 0 Å². The van der Waals surface area contributed by atoms with E-state index in [0.717, 1.165) is 23.6 Å². The largest absolute Gasteiger partial charge is 0.385 e. The third-order valence-electron chi connectivity index (χ3n) is 3.14. The first-order chi connectivity index (χ1) is 10.0. The molecule has 0 fully saturated rings. The van der Waals surface area contributed by atoms with E-state index in [9.17, 15) is 4.79 Å². The van der Waals surface area contributed by atoms with E-state index in [1.54, 1.807) is 11.9 Å². The number of carbonyl (C=O) groups excluding carboxylic acids is 1. The van der Waals surface area contributed by atoms with Crippen LogP contribution in [0.15, 0.2) is 18.2 Å². The molecule has 1 amide bonds. The first-order valence-electron chi connectivity index (χ1n) is 6.99. The van der Waals surface area contributed by atoms with Crippen LogP contribution in [0.1, 0.15) is 34.5 Å². The Bertz CT molecular complexity index is 635. The fourth-order valence-electron chi connectivity index (χ4n) is 2.13. The zero-order valence-electron chi connectivity index (χ0n) is 12.9. The molecule has 6 heteroatoms. The van der Waals surface area contributed by atoms with Crippen molar-refractivity contribution in [1.82, 2.24) is 20.1 Å². The van der Waals surface area contributed by atoms with Crippen molar-refractivity contribution in [3.8, 4) is 0 Å². The number of aromatic amines is 1. The molecular formula is C15H21N5O. The van der Waals surface area contributed by atoms with E-state index in [-0.39, 0.29) is 5.91 Å². The molecule has 2 rings (SSSR count). The predicted octanol–water partition coefficient (Wildman–Crippen LogP) is 2.13. The number of anilines is 1. The van der Waals surface area contributed by atoms with Gasteiger partial charge in [0, 0.05) is 19.3 Å². The van der Waals surface area contributed by atoms with Gasteiger partial charge in [0.1, 0.15) is 5.82 Å². The topological polar surface area (TPSA) is 73.9 Å². The van der Waals surface area contributed by atoms with Gasteiger partial charge in [-0.25, -0.2) is 4.98 Å². The summed E-state index contributed by atoms with van der Waals surface area (Å²) in [6.07, 6.45) is 0. The summed E-state index contributed by atoms with van der Waals surface area (Å²) in [4.78, 5) is 18.4. The smallest absolute Gasteiger partial charge is 0.256 e. The van der Waals surface area contributed by atoms with Crippen molar-refractivity contribution in [3.63, 3.8) is 0 Å². The van der Waals surface area contributed by atoms with E-state index < -0.39 is 0 Å². The SMILES string of the molecule is CCNc1cc(C)ccc1C(=O)N(C)Cc1n[nH]c(C)n1. The molecule has 1 aromatic carbocycles. The van der Waals surface area contributed by atoms with Gasteiger partial charge in [-0.1, -0.05) is 6.07 Å². The molecule has 0 saturated heterocycles. The summed E-state index contributed by atoms with van der Waals surface area (Å²) < 4.78 is 0. The Hall–Kier alpha value is -2.37. The van der Waals surface area contributed by atoms with Crippen LogP contribution >= 0.6 is 0 Å². The van der Waals surface area contributed by atoms with Gasteiger partial charge in [-0.05, 0) is 38.5 Å². The Morgan fingerprint density at radius 2 is 2.14 bits per heavy atom. The number of H-pyrrole nitrogens is 1. The van der Waals surface area contributed by atoms with Gasteiger partial charge in [0.15, 0.2) is 5.82 Å². The molecule has 0 unspecified atom stereocenters. The van der Waals surface area contributed by atoms with Gasteiger partial charge in [0.05, 0.1) is 12.1 Å². The maximum absolute atomic E-state index is 12.6. The molecule has 0 spiro atoms. The van der Waals surface area contributed by atoms with E-state index in [4.69, 9.17) is 0 Å². The normalized spacial score (nSPS) is 10.5. The molecule has 0 aliphatic carbocycles. The molecule has 6 nitrogen and oxygen atoms in total. The number of amides is 1. The van der Waals surface area contributed by atoms with Crippen LogP contribution in [0.4, 0.5) is 5.69 Å². The minimum absolute atomic E-state index is 0.0478. The second-order valence-corrected chi connectivity index (χ2v) is 5.08. The summed E-state index contributed by atoms with van der Waals surface area (Å²) in [6.45, 7) is 7.00. The third kappa shape index (κ3) is 3.59. The number of carbonyl (C=O) groups is 1. The lowest BCUT2D eigenvalue weighted by molar-refractivity contribution is 0.0782. The monoisotopic (exact) mass is 287 g/mol.